The van der Waals surface area contributed by atoms with Crippen LogP contribution in [-0.2, 0) is 19.9 Å². The first kappa shape index (κ1) is 18.0. The Morgan fingerprint density at radius 3 is 2.92 bits per heavy atom. The predicted octanol–water partition coefficient (Wildman–Crippen LogP) is 2.63. The molecule has 0 spiro atoms. The van der Waals surface area contributed by atoms with Gasteiger partial charge in [-0.1, -0.05) is 18.2 Å². The fourth-order valence-corrected chi connectivity index (χ4v) is 3.07. The number of guanidine groups is 1. The predicted molar refractivity (Wildman–Crippen MR) is 108 cm³/mol. The molecule has 0 unspecified atom stereocenters. The Hall–Kier alpha value is -2.76. The van der Waals surface area contributed by atoms with Crippen LogP contribution in [0.1, 0.15) is 24.5 Å². The molecule has 6 nitrogen and oxygen atoms in total. The summed E-state index contributed by atoms with van der Waals surface area (Å²) < 4.78 is 1.84. The summed E-state index contributed by atoms with van der Waals surface area (Å²) in [7, 11) is 1.95. The van der Waals surface area contributed by atoms with Gasteiger partial charge in [0.15, 0.2) is 5.96 Å². The molecule has 0 aliphatic rings. The Morgan fingerprint density at radius 2 is 2.12 bits per heavy atom. The third kappa shape index (κ3) is 4.88. The average molecular weight is 352 g/mol. The van der Waals surface area contributed by atoms with Crippen LogP contribution >= 0.6 is 0 Å². The van der Waals surface area contributed by atoms with E-state index in [0.29, 0.717) is 0 Å². The zero-order chi connectivity index (χ0) is 18.2. The summed E-state index contributed by atoms with van der Waals surface area (Å²) in [6, 6.07) is 8.42. The number of nitrogens with zero attached hydrogens (tertiary/aromatic N) is 3. The van der Waals surface area contributed by atoms with Crippen LogP contribution in [0.15, 0.2) is 47.8 Å². The summed E-state index contributed by atoms with van der Waals surface area (Å²) in [5.74, 6) is 0.888. The summed E-state index contributed by atoms with van der Waals surface area (Å²) in [6.07, 6.45) is 9.08. The third-order valence-electron chi connectivity index (χ3n) is 4.36. The topological polar surface area (TPSA) is 70.0 Å². The minimum atomic E-state index is 0.803. The Morgan fingerprint density at radius 1 is 1.23 bits per heavy atom. The fraction of sp³-hybridized carbons (Fsp3) is 0.400. The molecule has 138 valence electrons. The molecule has 0 saturated heterocycles. The van der Waals surface area contributed by atoms with Crippen LogP contribution < -0.4 is 10.6 Å². The number of aliphatic imine (C=N–C) groups is 1. The van der Waals surface area contributed by atoms with E-state index in [2.05, 4.69) is 69.3 Å². The second-order valence-corrected chi connectivity index (χ2v) is 6.42. The maximum absolute atomic E-state index is 4.68. The van der Waals surface area contributed by atoms with Crippen LogP contribution in [0.2, 0.25) is 0 Å². The molecular weight excluding hydrogens is 324 g/mol. The molecule has 2 aromatic heterocycles. The van der Waals surface area contributed by atoms with Crippen molar-refractivity contribution in [2.24, 2.45) is 12.0 Å². The molecule has 0 amide bonds. The van der Waals surface area contributed by atoms with E-state index in [0.717, 1.165) is 44.9 Å². The molecule has 3 aromatic rings. The maximum atomic E-state index is 4.68. The van der Waals surface area contributed by atoms with Crippen molar-refractivity contribution < 1.29 is 0 Å². The third-order valence-corrected chi connectivity index (χ3v) is 4.36. The molecule has 0 saturated carbocycles. The summed E-state index contributed by atoms with van der Waals surface area (Å²) >= 11 is 0. The number of aromatic nitrogens is 3. The second kappa shape index (κ2) is 9.08. The lowest BCUT2D eigenvalue weighted by Gasteiger charge is -2.11. The lowest BCUT2D eigenvalue weighted by molar-refractivity contribution is 0.763. The molecule has 1 aromatic carbocycles. The first-order valence-electron chi connectivity index (χ1n) is 9.31. The van der Waals surface area contributed by atoms with Crippen LogP contribution in [0.3, 0.4) is 0 Å². The molecule has 3 N–H and O–H groups in total. The Labute approximate surface area is 154 Å². The maximum Gasteiger partial charge on any atom is 0.191 e. The zero-order valence-corrected chi connectivity index (χ0v) is 15.6. The highest BCUT2D eigenvalue weighted by molar-refractivity contribution is 5.83. The van der Waals surface area contributed by atoms with E-state index in [1.54, 1.807) is 0 Å². The van der Waals surface area contributed by atoms with Crippen molar-refractivity contribution in [1.29, 1.82) is 0 Å². The van der Waals surface area contributed by atoms with Gasteiger partial charge in [0.2, 0.25) is 0 Å². The normalized spacial score (nSPS) is 11.8. The van der Waals surface area contributed by atoms with E-state index in [1.165, 1.54) is 22.0 Å². The number of H-pyrrole nitrogens is 1. The highest BCUT2D eigenvalue weighted by Crippen LogP contribution is 2.17. The first-order chi connectivity index (χ1) is 12.8. The highest BCUT2D eigenvalue weighted by Gasteiger charge is 2.03. The molecule has 0 atom stereocenters. The van der Waals surface area contributed by atoms with E-state index in [4.69, 9.17) is 0 Å². The van der Waals surface area contributed by atoms with Crippen LogP contribution in [0, 0.1) is 0 Å². The lowest BCUT2D eigenvalue weighted by atomic mass is 10.1. The van der Waals surface area contributed by atoms with Crippen molar-refractivity contribution in [3.8, 4) is 0 Å². The van der Waals surface area contributed by atoms with Crippen molar-refractivity contribution in [3.63, 3.8) is 0 Å². The number of nitrogens with one attached hydrogen (secondary N) is 3. The molecular formula is C20H28N6. The highest BCUT2D eigenvalue weighted by atomic mass is 15.2. The van der Waals surface area contributed by atoms with Gasteiger partial charge in [0, 0.05) is 50.0 Å². The van der Waals surface area contributed by atoms with Gasteiger partial charge in [-0.2, -0.15) is 5.10 Å². The summed E-state index contributed by atoms with van der Waals surface area (Å²) in [4.78, 5) is 8.01. The van der Waals surface area contributed by atoms with Crippen LogP contribution in [0.25, 0.3) is 10.9 Å². The number of rotatable bonds is 8. The Kier molecular flexibility index (Phi) is 6.30. The van der Waals surface area contributed by atoms with Crippen molar-refractivity contribution in [3.05, 3.63) is 54.0 Å². The quantitative estimate of drug-likeness (QED) is 0.332. The van der Waals surface area contributed by atoms with E-state index in [-0.39, 0.29) is 0 Å². The van der Waals surface area contributed by atoms with E-state index in [9.17, 15) is 0 Å². The number of benzene rings is 1. The second-order valence-electron chi connectivity index (χ2n) is 6.42. The van der Waals surface area contributed by atoms with Gasteiger partial charge < -0.3 is 15.6 Å². The number of aromatic amines is 1. The molecule has 0 bridgehead atoms. The standard InChI is InChI=1S/C20H28N6/c1-3-21-20(22-11-6-7-16-13-25-26(2)15-16)23-12-10-17-14-24-19-9-5-4-8-18(17)19/h4-5,8-9,13-15,24H,3,6-7,10-12H2,1-2H3,(H2,21,22,23). The molecule has 0 aliphatic heterocycles. The number of hydrogen-bond acceptors (Lipinski definition) is 2. The van der Waals surface area contributed by atoms with Gasteiger partial charge in [-0.25, -0.2) is 0 Å². The summed E-state index contributed by atoms with van der Waals surface area (Å²) in [5.41, 5.74) is 3.79. The first-order valence-corrected chi connectivity index (χ1v) is 9.31. The van der Waals surface area contributed by atoms with Gasteiger partial charge in [0.05, 0.1) is 6.20 Å². The smallest absolute Gasteiger partial charge is 0.191 e. The Bertz CT molecular complexity index is 845. The minimum absolute atomic E-state index is 0.803. The van der Waals surface area contributed by atoms with Crippen molar-refractivity contribution in [2.75, 3.05) is 19.6 Å². The van der Waals surface area contributed by atoms with Crippen LogP contribution in [0.5, 0.6) is 0 Å². The molecule has 0 aliphatic carbocycles. The number of para-hydroxylation sites is 1. The summed E-state index contributed by atoms with van der Waals surface area (Å²) in [5, 5.41) is 12.3. The molecule has 0 radical (unpaired) electrons. The van der Waals surface area contributed by atoms with Crippen LogP contribution in [0.4, 0.5) is 0 Å². The van der Waals surface area contributed by atoms with Gasteiger partial charge in [0.25, 0.3) is 0 Å². The van der Waals surface area contributed by atoms with E-state index in [1.807, 2.05) is 17.9 Å². The van der Waals surface area contributed by atoms with Gasteiger partial charge in [-0.15, -0.1) is 0 Å². The van der Waals surface area contributed by atoms with Gasteiger partial charge in [-0.05, 0) is 43.4 Å². The van der Waals surface area contributed by atoms with Crippen molar-refractivity contribution >= 4 is 16.9 Å². The SMILES string of the molecule is CCNC(=NCCCc1cnn(C)c1)NCCc1c[nH]c2ccccc12. The molecule has 26 heavy (non-hydrogen) atoms. The van der Waals surface area contributed by atoms with Gasteiger partial charge >= 0.3 is 0 Å². The van der Waals surface area contributed by atoms with Crippen molar-refractivity contribution in [1.82, 2.24) is 25.4 Å². The Balaban J connectivity index is 1.46. The molecule has 3 rings (SSSR count). The number of hydrogen-bond donors (Lipinski definition) is 3. The van der Waals surface area contributed by atoms with Crippen molar-refractivity contribution in [2.45, 2.75) is 26.2 Å². The van der Waals surface area contributed by atoms with E-state index < -0.39 is 0 Å². The monoisotopic (exact) mass is 352 g/mol. The number of aryl methyl sites for hydroxylation is 2. The van der Waals surface area contributed by atoms with Crippen LogP contribution in [-0.4, -0.2) is 40.4 Å². The zero-order valence-electron chi connectivity index (χ0n) is 15.6. The lowest BCUT2D eigenvalue weighted by Crippen LogP contribution is -2.38. The molecule has 6 heteroatoms. The van der Waals surface area contributed by atoms with Gasteiger partial charge in [0.1, 0.15) is 0 Å². The van der Waals surface area contributed by atoms with E-state index >= 15 is 0 Å². The molecule has 0 fully saturated rings. The fourth-order valence-electron chi connectivity index (χ4n) is 3.07. The minimum Gasteiger partial charge on any atom is -0.361 e. The summed E-state index contributed by atoms with van der Waals surface area (Å²) in [6.45, 7) is 4.61. The number of fused-ring (bicyclic) bond motifs is 1. The van der Waals surface area contributed by atoms with Gasteiger partial charge in [-0.3, -0.25) is 9.67 Å². The molecule has 2 heterocycles. The average Bonchev–Trinajstić information content (AvgIpc) is 3.25. The largest absolute Gasteiger partial charge is 0.361 e.